The molecule has 2 aromatic rings. The first-order valence-corrected chi connectivity index (χ1v) is 8.14. The van der Waals surface area contributed by atoms with E-state index < -0.39 is 0 Å². The second-order valence-corrected chi connectivity index (χ2v) is 6.02. The Morgan fingerprint density at radius 2 is 1.71 bits per heavy atom. The fourth-order valence-electron chi connectivity index (χ4n) is 2.79. The first-order valence-electron chi connectivity index (χ1n) is 8.14. The van der Waals surface area contributed by atoms with Crippen LogP contribution in [0.15, 0.2) is 36.4 Å². The first-order chi connectivity index (χ1) is 11.6. The smallest absolute Gasteiger partial charge is 0.276 e. The summed E-state index contributed by atoms with van der Waals surface area (Å²) in [4.78, 5) is 23.4. The molecule has 24 heavy (non-hydrogen) atoms. The van der Waals surface area contributed by atoms with Crippen molar-refractivity contribution < 1.29 is 9.59 Å². The van der Waals surface area contributed by atoms with E-state index in [-0.39, 0.29) is 17.4 Å². The topological polar surface area (TPSA) is 84.0 Å². The second-order valence-electron chi connectivity index (χ2n) is 6.02. The molecule has 1 aromatic carbocycles. The average molecular weight is 324 g/mol. The van der Waals surface area contributed by atoms with Gasteiger partial charge in [-0.1, -0.05) is 12.8 Å². The molecule has 1 aromatic heterocycles. The van der Waals surface area contributed by atoms with Crippen LogP contribution in [0, 0.1) is 0 Å². The van der Waals surface area contributed by atoms with Crippen molar-refractivity contribution in [3.05, 3.63) is 47.7 Å². The van der Waals surface area contributed by atoms with E-state index in [1.54, 1.807) is 36.4 Å². The number of hydrogen-bond acceptors (Lipinski definition) is 5. The van der Waals surface area contributed by atoms with E-state index in [0.29, 0.717) is 23.1 Å². The quantitative estimate of drug-likeness (QED) is 0.825. The number of Topliss-reactive ketones (excluding diaryl/α,β-unsaturated/α-hetero) is 1. The first kappa shape index (κ1) is 16.1. The Kier molecular flexibility index (Phi) is 4.84. The molecule has 6 nitrogen and oxygen atoms in total. The van der Waals surface area contributed by atoms with Crippen LogP contribution < -0.4 is 10.6 Å². The van der Waals surface area contributed by atoms with Crippen LogP contribution in [0.3, 0.4) is 0 Å². The molecule has 1 aliphatic rings. The van der Waals surface area contributed by atoms with Crippen LogP contribution in [0.2, 0.25) is 0 Å². The number of nitrogens with one attached hydrogen (secondary N) is 2. The van der Waals surface area contributed by atoms with Gasteiger partial charge in [0.05, 0.1) is 0 Å². The monoisotopic (exact) mass is 324 g/mol. The van der Waals surface area contributed by atoms with Gasteiger partial charge in [0.1, 0.15) is 5.82 Å². The van der Waals surface area contributed by atoms with Gasteiger partial charge in [0.2, 0.25) is 0 Å². The molecule has 0 radical (unpaired) electrons. The summed E-state index contributed by atoms with van der Waals surface area (Å²) in [5.74, 6) is 0.360. The Morgan fingerprint density at radius 3 is 2.29 bits per heavy atom. The molecule has 0 saturated heterocycles. The van der Waals surface area contributed by atoms with Gasteiger partial charge in [-0.2, -0.15) is 0 Å². The molecular formula is C18H20N4O2. The molecule has 0 spiro atoms. The standard InChI is InChI=1S/C18H20N4O2/c1-12(23)13-6-8-15(9-7-13)20-18(24)16-10-11-17(22-21-16)19-14-4-2-3-5-14/h6-11,14H,2-5H2,1H3,(H,19,22)(H,20,24). The average Bonchev–Trinajstić information content (AvgIpc) is 3.09. The highest BCUT2D eigenvalue weighted by molar-refractivity contribution is 6.03. The van der Waals surface area contributed by atoms with Crippen molar-refractivity contribution in [2.75, 3.05) is 10.6 Å². The summed E-state index contributed by atoms with van der Waals surface area (Å²) in [6.45, 7) is 1.50. The number of benzene rings is 1. The van der Waals surface area contributed by atoms with Crippen LogP contribution in [-0.2, 0) is 0 Å². The Labute approximate surface area is 140 Å². The highest BCUT2D eigenvalue weighted by Crippen LogP contribution is 2.21. The fraction of sp³-hybridized carbons (Fsp3) is 0.333. The van der Waals surface area contributed by atoms with Gasteiger partial charge in [-0.3, -0.25) is 9.59 Å². The van der Waals surface area contributed by atoms with Gasteiger partial charge in [0.15, 0.2) is 11.5 Å². The number of nitrogens with zero attached hydrogens (tertiary/aromatic N) is 2. The molecule has 0 aliphatic heterocycles. The van der Waals surface area contributed by atoms with E-state index in [1.165, 1.54) is 19.8 Å². The van der Waals surface area contributed by atoms with Crippen LogP contribution in [0.4, 0.5) is 11.5 Å². The molecular weight excluding hydrogens is 304 g/mol. The van der Waals surface area contributed by atoms with Crippen molar-refractivity contribution in [2.24, 2.45) is 0 Å². The molecule has 3 rings (SSSR count). The van der Waals surface area contributed by atoms with Gasteiger partial charge >= 0.3 is 0 Å². The lowest BCUT2D eigenvalue weighted by molar-refractivity contribution is 0.101. The summed E-state index contributed by atoms with van der Waals surface area (Å²) in [5.41, 5.74) is 1.47. The minimum absolute atomic E-state index is 0.0101. The van der Waals surface area contributed by atoms with Crippen molar-refractivity contribution >= 4 is 23.2 Å². The number of carbonyl (C=O) groups excluding carboxylic acids is 2. The number of anilines is 2. The fourth-order valence-corrected chi connectivity index (χ4v) is 2.79. The van der Waals surface area contributed by atoms with Crippen molar-refractivity contribution in [3.63, 3.8) is 0 Å². The SMILES string of the molecule is CC(=O)c1ccc(NC(=O)c2ccc(NC3CCCC3)nn2)cc1. The van der Waals surface area contributed by atoms with E-state index in [4.69, 9.17) is 0 Å². The number of hydrogen-bond donors (Lipinski definition) is 2. The lowest BCUT2D eigenvalue weighted by atomic mass is 10.1. The summed E-state index contributed by atoms with van der Waals surface area (Å²) in [5, 5.41) is 14.1. The van der Waals surface area contributed by atoms with Crippen molar-refractivity contribution in [1.82, 2.24) is 10.2 Å². The number of aromatic nitrogens is 2. The third-order valence-electron chi connectivity index (χ3n) is 4.15. The zero-order chi connectivity index (χ0) is 16.9. The summed E-state index contributed by atoms with van der Waals surface area (Å²) in [6, 6.07) is 10.6. The van der Waals surface area contributed by atoms with E-state index in [0.717, 1.165) is 12.8 Å². The molecule has 124 valence electrons. The van der Waals surface area contributed by atoms with Crippen LogP contribution in [0.1, 0.15) is 53.5 Å². The summed E-state index contributed by atoms with van der Waals surface area (Å²) < 4.78 is 0. The maximum atomic E-state index is 12.2. The molecule has 0 bridgehead atoms. The van der Waals surface area contributed by atoms with Crippen molar-refractivity contribution in [2.45, 2.75) is 38.6 Å². The zero-order valence-corrected chi connectivity index (χ0v) is 13.6. The van der Waals surface area contributed by atoms with Gasteiger partial charge in [-0.05, 0) is 56.2 Å². The minimum atomic E-state index is -0.328. The molecule has 1 saturated carbocycles. The van der Waals surface area contributed by atoms with Gasteiger partial charge < -0.3 is 10.6 Å². The second kappa shape index (κ2) is 7.21. The molecule has 2 N–H and O–H groups in total. The summed E-state index contributed by atoms with van der Waals surface area (Å²) >= 11 is 0. The van der Waals surface area contributed by atoms with E-state index >= 15 is 0 Å². The Hall–Kier alpha value is -2.76. The molecule has 1 heterocycles. The number of amides is 1. The maximum Gasteiger partial charge on any atom is 0.276 e. The van der Waals surface area contributed by atoms with E-state index in [9.17, 15) is 9.59 Å². The normalized spacial score (nSPS) is 14.4. The number of rotatable bonds is 5. The lowest BCUT2D eigenvalue weighted by Gasteiger charge is -2.12. The predicted octanol–water partition coefficient (Wildman–Crippen LogP) is 3.29. The molecule has 0 atom stereocenters. The molecule has 1 aliphatic carbocycles. The zero-order valence-electron chi connectivity index (χ0n) is 13.6. The van der Waals surface area contributed by atoms with Crippen LogP contribution in [-0.4, -0.2) is 27.9 Å². The number of carbonyl (C=O) groups is 2. The van der Waals surface area contributed by atoms with Crippen LogP contribution in [0.5, 0.6) is 0 Å². The summed E-state index contributed by atoms with van der Waals surface area (Å²) in [7, 11) is 0. The maximum absolute atomic E-state index is 12.2. The van der Waals surface area contributed by atoms with Gasteiger partial charge in [-0.25, -0.2) is 0 Å². The van der Waals surface area contributed by atoms with Crippen LogP contribution >= 0.6 is 0 Å². The highest BCUT2D eigenvalue weighted by atomic mass is 16.2. The predicted molar refractivity (Wildman–Crippen MR) is 92.3 cm³/mol. The third kappa shape index (κ3) is 3.95. The molecule has 6 heteroatoms. The highest BCUT2D eigenvalue weighted by Gasteiger charge is 2.15. The molecule has 1 amide bonds. The van der Waals surface area contributed by atoms with E-state index in [1.807, 2.05) is 0 Å². The van der Waals surface area contributed by atoms with Gasteiger partial charge in [0.25, 0.3) is 5.91 Å². The van der Waals surface area contributed by atoms with Gasteiger partial charge in [-0.15, -0.1) is 10.2 Å². The summed E-state index contributed by atoms with van der Waals surface area (Å²) in [6.07, 6.45) is 4.79. The Morgan fingerprint density at radius 1 is 1.00 bits per heavy atom. The minimum Gasteiger partial charge on any atom is -0.366 e. The molecule has 0 unspecified atom stereocenters. The third-order valence-corrected chi connectivity index (χ3v) is 4.15. The number of ketones is 1. The van der Waals surface area contributed by atoms with Gasteiger partial charge in [0, 0.05) is 17.3 Å². The van der Waals surface area contributed by atoms with Crippen LogP contribution in [0.25, 0.3) is 0 Å². The largest absolute Gasteiger partial charge is 0.366 e. The van der Waals surface area contributed by atoms with E-state index in [2.05, 4.69) is 20.8 Å². The lowest BCUT2D eigenvalue weighted by Crippen LogP contribution is -2.18. The Balaban J connectivity index is 1.60. The van der Waals surface area contributed by atoms with Crippen molar-refractivity contribution in [1.29, 1.82) is 0 Å². The molecule has 1 fully saturated rings. The Bertz CT molecular complexity index is 720. The van der Waals surface area contributed by atoms with Crippen molar-refractivity contribution in [3.8, 4) is 0 Å².